The van der Waals surface area contributed by atoms with Crippen molar-refractivity contribution in [3.63, 3.8) is 0 Å². The number of ether oxygens (including phenoxy) is 1. The molecular formula is C27H35N5O. The molecule has 0 saturated carbocycles. The Hall–Kier alpha value is -2.83. The molecule has 1 N–H and O–H groups in total. The zero-order valence-corrected chi connectivity index (χ0v) is 20.4. The van der Waals surface area contributed by atoms with E-state index in [1.165, 1.54) is 5.56 Å². The smallest absolute Gasteiger partial charge is 0.159 e. The van der Waals surface area contributed by atoms with E-state index in [4.69, 9.17) is 4.74 Å². The van der Waals surface area contributed by atoms with Gasteiger partial charge in [-0.25, -0.2) is 9.97 Å². The monoisotopic (exact) mass is 445 g/mol. The normalized spacial score (nSPS) is 17.8. The fourth-order valence-corrected chi connectivity index (χ4v) is 5.12. The first-order valence-corrected chi connectivity index (χ1v) is 11.6. The average Bonchev–Trinajstić information content (AvgIpc) is 2.78. The molecule has 0 radical (unpaired) electrons. The minimum absolute atomic E-state index is 0.0810. The lowest BCUT2D eigenvalue weighted by Crippen LogP contribution is -2.62. The van der Waals surface area contributed by atoms with Gasteiger partial charge in [-0.05, 0) is 82.5 Å². The van der Waals surface area contributed by atoms with Crippen LogP contribution in [-0.4, -0.2) is 44.1 Å². The van der Waals surface area contributed by atoms with Gasteiger partial charge in [-0.2, -0.15) is 0 Å². The molecule has 6 heteroatoms. The first-order chi connectivity index (χ1) is 15.7. The van der Waals surface area contributed by atoms with E-state index in [9.17, 15) is 0 Å². The summed E-state index contributed by atoms with van der Waals surface area (Å²) in [6.07, 6.45) is 9.85. The van der Waals surface area contributed by atoms with Crippen LogP contribution in [-0.2, 0) is 13.1 Å². The molecule has 33 heavy (non-hydrogen) atoms. The Morgan fingerprint density at radius 1 is 0.879 bits per heavy atom. The van der Waals surface area contributed by atoms with Crippen LogP contribution < -0.4 is 10.1 Å². The van der Waals surface area contributed by atoms with Gasteiger partial charge in [0.25, 0.3) is 0 Å². The van der Waals surface area contributed by atoms with Crippen molar-refractivity contribution >= 4 is 0 Å². The van der Waals surface area contributed by atoms with E-state index in [0.29, 0.717) is 6.04 Å². The lowest BCUT2D eigenvalue weighted by molar-refractivity contribution is 0.0562. The van der Waals surface area contributed by atoms with Gasteiger partial charge in [0.15, 0.2) is 5.82 Å². The van der Waals surface area contributed by atoms with Gasteiger partial charge in [-0.1, -0.05) is 0 Å². The van der Waals surface area contributed by atoms with E-state index >= 15 is 0 Å². The molecule has 1 aliphatic rings. The summed E-state index contributed by atoms with van der Waals surface area (Å²) in [5, 5.41) is 3.81. The number of nitrogens with zero attached hydrogens (tertiary/aromatic N) is 4. The quantitative estimate of drug-likeness (QED) is 0.560. The third-order valence-electron chi connectivity index (χ3n) is 6.26. The van der Waals surface area contributed by atoms with Crippen LogP contribution >= 0.6 is 0 Å². The summed E-state index contributed by atoms with van der Waals surface area (Å²) in [7, 11) is 1.67. The fraction of sp³-hybridized carbons (Fsp3) is 0.444. The maximum absolute atomic E-state index is 5.25. The van der Waals surface area contributed by atoms with E-state index in [1.54, 1.807) is 7.11 Å². The number of rotatable bonds is 7. The Kier molecular flexibility index (Phi) is 6.77. The first kappa shape index (κ1) is 23.3. The largest absolute Gasteiger partial charge is 0.497 e. The zero-order chi connectivity index (χ0) is 23.5. The van der Waals surface area contributed by atoms with Gasteiger partial charge in [0.2, 0.25) is 0 Å². The molecule has 0 aliphatic carbocycles. The predicted octanol–water partition coefficient (Wildman–Crippen LogP) is 4.86. The van der Waals surface area contributed by atoms with Crippen molar-refractivity contribution in [2.24, 2.45) is 0 Å². The number of nitrogens with one attached hydrogen (secondary N) is 1. The van der Waals surface area contributed by atoms with E-state index in [2.05, 4.69) is 65.0 Å². The number of piperidine rings is 1. The summed E-state index contributed by atoms with van der Waals surface area (Å²) < 4.78 is 5.25. The van der Waals surface area contributed by atoms with Crippen molar-refractivity contribution in [1.82, 2.24) is 25.2 Å². The number of aromatic nitrogens is 3. The second-order valence-corrected chi connectivity index (χ2v) is 10.4. The molecule has 0 spiro atoms. The van der Waals surface area contributed by atoms with E-state index in [-0.39, 0.29) is 11.1 Å². The summed E-state index contributed by atoms with van der Waals surface area (Å²) in [5.41, 5.74) is 3.54. The lowest BCUT2D eigenvalue weighted by atomic mass is 9.79. The van der Waals surface area contributed by atoms with Gasteiger partial charge >= 0.3 is 0 Å². The molecule has 2 aromatic heterocycles. The average molecular weight is 446 g/mol. The van der Waals surface area contributed by atoms with Crippen molar-refractivity contribution < 1.29 is 4.74 Å². The highest BCUT2D eigenvalue weighted by atomic mass is 16.5. The Labute approximate surface area is 197 Å². The summed E-state index contributed by atoms with van der Waals surface area (Å²) in [5.74, 6) is 1.56. The SMILES string of the molecule is COc1ccc(-c2ncc(CN(Cc3ccncc3)C3CC(C)(C)NC(C)(C)C3)cn2)cc1. The molecule has 0 unspecified atom stereocenters. The summed E-state index contributed by atoms with van der Waals surface area (Å²) >= 11 is 0. The van der Waals surface area contributed by atoms with E-state index in [1.807, 2.05) is 49.1 Å². The molecule has 4 rings (SSSR count). The zero-order valence-electron chi connectivity index (χ0n) is 20.4. The Morgan fingerprint density at radius 3 is 2.03 bits per heavy atom. The molecule has 174 valence electrons. The van der Waals surface area contributed by atoms with Crippen LogP contribution in [0.2, 0.25) is 0 Å². The highest BCUT2D eigenvalue weighted by molar-refractivity contribution is 5.55. The Balaban J connectivity index is 1.55. The van der Waals surface area contributed by atoms with Crippen LogP contribution in [0.15, 0.2) is 61.2 Å². The van der Waals surface area contributed by atoms with Crippen molar-refractivity contribution in [3.8, 4) is 17.1 Å². The van der Waals surface area contributed by atoms with E-state index < -0.39 is 0 Å². The molecule has 1 aliphatic heterocycles. The van der Waals surface area contributed by atoms with Crippen molar-refractivity contribution in [2.45, 2.75) is 70.7 Å². The lowest BCUT2D eigenvalue weighted by Gasteiger charge is -2.49. The van der Waals surface area contributed by atoms with Crippen LogP contribution in [0.5, 0.6) is 5.75 Å². The van der Waals surface area contributed by atoms with Gasteiger partial charge < -0.3 is 10.1 Å². The minimum atomic E-state index is 0.0810. The van der Waals surface area contributed by atoms with Crippen LogP contribution in [0.4, 0.5) is 0 Å². The van der Waals surface area contributed by atoms with Gasteiger partial charge in [0, 0.05) is 66.1 Å². The number of methoxy groups -OCH3 is 1. The molecule has 1 fully saturated rings. The number of hydrogen-bond donors (Lipinski definition) is 1. The molecule has 3 aromatic rings. The first-order valence-electron chi connectivity index (χ1n) is 11.6. The van der Waals surface area contributed by atoms with Gasteiger partial charge in [-0.15, -0.1) is 0 Å². The maximum atomic E-state index is 5.25. The van der Waals surface area contributed by atoms with Crippen LogP contribution in [0.3, 0.4) is 0 Å². The molecule has 0 amide bonds. The number of benzene rings is 1. The third kappa shape index (κ3) is 6.15. The van der Waals surface area contributed by atoms with Crippen LogP contribution in [0, 0.1) is 0 Å². The number of hydrogen-bond acceptors (Lipinski definition) is 6. The fourth-order valence-electron chi connectivity index (χ4n) is 5.12. The highest BCUT2D eigenvalue weighted by Crippen LogP contribution is 2.33. The molecule has 0 bridgehead atoms. The van der Waals surface area contributed by atoms with Gasteiger partial charge in [-0.3, -0.25) is 9.88 Å². The molecule has 1 saturated heterocycles. The third-order valence-corrected chi connectivity index (χ3v) is 6.26. The van der Waals surface area contributed by atoms with Crippen LogP contribution in [0.25, 0.3) is 11.4 Å². The van der Waals surface area contributed by atoms with Crippen molar-refractivity contribution in [1.29, 1.82) is 0 Å². The second kappa shape index (κ2) is 9.57. The van der Waals surface area contributed by atoms with Gasteiger partial charge in [0.05, 0.1) is 7.11 Å². The van der Waals surface area contributed by atoms with Crippen LogP contribution in [0.1, 0.15) is 51.7 Å². The Bertz CT molecular complexity index is 1020. The van der Waals surface area contributed by atoms with Crippen molar-refractivity contribution in [3.05, 3.63) is 72.3 Å². The molecule has 1 aromatic carbocycles. The topological polar surface area (TPSA) is 63.2 Å². The second-order valence-electron chi connectivity index (χ2n) is 10.4. The molecule has 3 heterocycles. The van der Waals surface area contributed by atoms with Gasteiger partial charge in [0.1, 0.15) is 5.75 Å². The van der Waals surface area contributed by atoms with E-state index in [0.717, 1.165) is 48.6 Å². The molecular weight excluding hydrogens is 410 g/mol. The molecule has 0 atom stereocenters. The summed E-state index contributed by atoms with van der Waals surface area (Å²) in [6, 6.07) is 12.5. The van der Waals surface area contributed by atoms with Crippen molar-refractivity contribution in [2.75, 3.05) is 7.11 Å². The molecule has 6 nitrogen and oxygen atoms in total. The Morgan fingerprint density at radius 2 is 1.45 bits per heavy atom. The predicted molar refractivity (Wildman–Crippen MR) is 132 cm³/mol. The highest BCUT2D eigenvalue weighted by Gasteiger charge is 2.39. The maximum Gasteiger partial charge on any atom is 0.159 e. The summed E-state index contributed by atoms with van der Waals surface area (Å²) in [6.45, 7) is 10.9. The standard InChI is InChI=1S/C27H35N5O/c1-26(2)14-23(15-27(3,4)31-26)32(18-20-10-12-28-13-11-20)19-21-16-29-25(30-17-21)22-6-8-24(33-5)9-7-22/h6-13,16-17,23,31H,14-15,18-19H2,1-5H3. The minimum Gasteiger partial charge on any atom is -0.497 e. The number of pyridine rings is 1. The summed E-state index contributed by atoms with van der Waals surface area (Å²) in [4.78, 5) is 16.1.